The summed E-state index contributed by atoms with van der Waals surface area (Å²) in [5.74, 6) is -0.725. The van der Waals surface area contributed by atoms with Gasteiger partial charge in [0.05, 0.1) is 4.88 Å². The maximum Gasteiger partial charge on any atom is 0.305 e. The van der Waals surface area contributed by atoms with Crippen LogP contribution in [-0.4, -0.2) is 10.8 Å². The predicted octanol–water partition coefficient (Wildman–Crippen LogP) is 2.45. The molecule has 0 atom stereocenters. The SMILES string of the molecule is CC(=O)c1[nH]c(=O)sc1-c1ccccc1F. The Balaban J connectivity index is 2.69. The van der Waals surface area contributed by atoms with Crippen LogP contribution in [-0.2, 0) is 0 Å². The van der Waals surface area contributed by atoms with Crippen LogP contribution in [0.25, 0.3) is 10.4 Å². The average Bonchev–Trinajstić information content (AvgIpc) is 2.61. The van der Waals surface area contributed by atoms with Crippen molar-refractivity contribution in [2.24, 2.45) is 0 Å². The molecule has 0 aliphatic carbocycles. The van der Waals surface area contributed by atoms with E-state index in [4.69, 9.17) is 0 Å². The van der Waals surface area contributed by atoms with E-state index in [0.717, 1.165) is 11.3 Å². The van der Waals surface area contributed by atoms with Gasteiger partial charge in [-0.15, -0.1) is 0 Å². The first-order valence-electron chi connectivity index (χ1n) is 4.58. The van der Waals surface area contributed by atoms with Crippen LogP contribution in [0.15, 0.2) is 29.1 Å². The van der Waals surface area contributed by atoms with Crippen molar-refractivity contribution in [1.82, 2.24) is 4.98 Å². The monoisotopic (exact) mass is 237 g/mol. The molecule has 82 valence electrons. The van der Waals surface area contributed by atoms with Gasteiger partial charge in [-0.25, -0.2) is 4.39 Å². The van der Waals surface area contributed by atoms with E-state index in [2.05, 4.69) is 4.98 Å². The highest BCUT2D eigenvalue weighted by Crippen LogP contribution is 2.27. The van der Waals surface area contributed by atoms with Gasteiger partial charge in [-0.05, 0) is 6.07 Å². The van der Waals surface area contributed by atoms with Crippen molar-refractivity contribution >= 4 is 17.1 Å². The molecule has 16 heavy (non-hydrogen) atoms. The van der Waals surface area contributed by atoms with Gasteiger partial charge in [0.2, 0.25) is 0 Å². The highest BCUT2D eigenvalue weighted by Gasteiger charge is 2.16. The lowest BCUT2D eigenvalue weighted by atomic mass is 10.1. The Labute approximate surface area is 94.6 Å². The Hall–Kier alpha value is -1.75. The molecule has 1 N–H and O–H groups in total. The largest absolute Gasteiger partial charge is 0.309 e. The number of Topliss-reactive ketones (excluding diaryl/α,β-unsaturated/α-hetero) is 1. The van der Waals surface area contributed by atoms with Crippen molar-refractivity contribution in [3.05, 3.63) is 45.4 Å². The fourth-order valence-corrected chi connectivity index (χ4v) is 2.32. The first-order chi connectivity index (χ1) is 7.59. The lowest BCUT2D eigenvalue weighted by Crippen LogP contribution is -2.00. The molecule has 2 rings (SSSR count). The van der Waals surface area contributed by atoms with Crippen LogP contribution < -0.4 is 4.87 Å². The van der Waals surface area contributed by atoms with Crippen LogP contribution in [0.4, 0.5) is 4.39 Å². The van der Waals surface area contributed by atoms with Crippen LogP contribution >= 0.6 is 11.3 Å². The molecule has 0 saturated carbocycles. The van der Waals surface area contributed by atoms with Crippen molar-refractivity contribution in [1.29, 1.82) is 0 Å². The minimum absolute atomic E-state index is 0.167. The normalized spacial score (nSPS) is 10.4. The molecule has 0 aliphatic heterocycles. The van der Waals surface area contributed by atoms with Gasteiger partial charge < -0.3 is 4.98 Å². The number of hydrogen-bond acceptors (Lipinski definition) is 3. The highest BCUT2D eigenvalue weighted by molar-refractivity contribution is 7.13. The summed E-state index contributed by atoms with van der Waals surface area (Å²) in [5.41, 5.74) is 0.441. The van der Waals surface area contributed by atoms with Crippen molar-refractivity contribution in [3.63, 3.8) is 0 Å². The van der Waals surface area contributed by atoms with E-state index in [1.807, 2.05) is 0 Å². The van der Waals surface area contributed by atoms with E-state index in [1.165, 1.54) is 13.0 Å². The maximum absolute atomic E-state index is 13.5. The molecular formula is C11H8FNO2S. The molecule has 0 fully saturated rings. The van der Waals surface area contributed by atoms with Crippen LogP contribution in [0.2, 0.25) is 0 Å². The van der Waals surface area contributed by atoms with Crippen LogP contribution in [0, 0.1) is 5.82 Å². The summed E-state index contributed by atoms with van der Waals surface area (Å²) in [7, 11) is 0. The molecule has 0 unspecified atom stereocenters. The number of halogens is 1. The lowest BCUT2D eigenvalue weighted by Gasteiger charge is -2.00. The molecular weight excluding hydrogens is 229 g/mol. The summed E-state index contributed by atoms with van der Waals surface area (Å²) < 4.78 is 13.5. The number of thiazole rings is 1. The zero-order valence-electron chi connectivity index (χ0n) is 8.41. The zero-order chi connectivity index (χ0) is 11.7. The topological polar surface area (TPSA) is 49.9 Å². The molecule has 3 nitrogen and oxygen atoms in total. The molecule has 0 bridgehead atoms. The Bertz CT molecular complexity index is 600. The van der Waals surface area contributed by atoms with E-state index in [1.54, 1.807) is 18.2 Å². The second-order valence-electron chi connectivity index (χ2n) is 3.25. The molecule has 1 aromatic carbocycles. The minimum atomic E-state index is -0.444. The number of carbonyl (C=O) groups is 1. The number of aromatic amines is 1. The van der Waals surface area contributed by atoms with Crippen molar-refractivity contribution in [3.8, 4) is 10.4 Å². The van der Waals surface area contributed by atoms with Gasteiger partial charge in [0.1, 0.15) is 11.5 Å². The first-order valence-corrected chi connectivity index (χ1v) is 5.40. The summed E-state index contributed by atoms with van der Waals surface area (Å²) >= 11 is 0.838. The molecule has 1 heterocycles. The van der Waals surface area contributed by atoms with Gasteiger partial charge in [-0.2, -0.15) is 0 Å². The molecule has 0 aliphatic rings. The lowest BCUT2D eigenvalue weighted by molar-refractivity contribution is 0.101. The minimum Gasteiger partial charge on any atom is -0.309 e. The van der Waals surface area contributed by atoms with Crippen molar-refractivity contribution in [2.75, 3.05) is 0 Å². The zero-order valence-corrected chi connectivity index (χ0v) is 9.23. The fraction of sp³-hybridized carbons (Fsp3) is 0.0909. The Morgan fingerprint density at radius 3 is 2.69 bits per heavy atom. The molecule has 0 saturated heterocycles. The van der Waals surface area contributed by atoms with Crippen LogP contribution in [0.3, 0.4) is 0 Å². The Kier molecular flexibility index (Phi) is 2.70. The van der Waals surface area contributed by atoms with Crippen molar-refractivity contribution in [2.45, 2.75) is 6.92 Å². The second-order valence-corrected chi connectivity index (χ2v) is 4.24. The van der Waals surface area contributed by atoms with Gasteiger partial charge >= 0.3 is 4.87 Å². The smallest absolute Gasteiger partial charge is 0.305 e. The van der Waals surface area contributed by atoms with E-state index in [9.17, 15) is 14.0 Å². The summed E-state index contributed by atoms with van der Waals surface area (Å²) in [5, 5.41) is 0. The predicted molar refractivity (Wildman–Crippen MR) is 60.3 cm³/mol. The molecule has 0 radical (unpaired) electrons. The number of benzene rings is 1. The highest BCUT2D eigenvalue weighted by atomic mass is 32.1. The number of H-pyrrole nitrogens is 1. The van der Waals surface area contributed by atoms with E-state index < -0.39 is 5.82 Å². The summed E-state index contributed by atoms with van der Waals surface area (Å²) in [6.45, 7) is 1.34. The van der Waals surface area contributed by atoms with E-state index >= 15 is 0 Å². The molecule has 0 spiro atoms. The van der Waals surface area contributed by atoms with E-state index in [-0.39, 0.29) is 21.9 Å². The summed E-state index contributed by atoms with van der Waals surface area (Å²) in [6, 6.07) is 6.05. The van der Waals surface area contributed by atoms with Crippen molar-refractivity contribution < 1.29 is 9.18 Å². The van der Waals surface area contributed by atoms with Gasteiger partial charge in [0.25, 0.3) is 0 Å². The molecule has 0 amide bonds. The summed E-state index contributed by atoms with van der Waals surface area (Å²) in [4.78, 5) is 24.9. The van der Waals surface area contributed by atoms with Gasteiger partial charge in [-0.1, -0.05) is 29.5 Å². The Morgan fingerprint density at radius 2 is 2.06 bits per heavy atom. The second kappa shape index (κ2) is 4.02. The number of carbonyl (C=O) groups excluding carboxylic acids is 1. The van der Waals surface area contributed by atoms with Gasteiger partial charge in [0.15, 0.2) is 5.78 Å². The third-order valence-corrected chi connectivity index (χ3v) is 3.04. The van der Waals surface area contributed by atoms with Crippen LogP contribution in [0.1, 0.15) is 17.4 Å². The first kappa shape index (κ1) is 10.8. The fourth-order valence-electron chi connectivity index (χ4n) is 1.41. The number of rotatable bonds is 2. The number of hydrogen-bond donors (Lipinski definition) is 1. The quantitative estimate of drug-likeness (QED) is 0.815. The third kappa shape index (κ3) is 1.81. The maximum atomic E-state index is 13.5. The number of aromatic nitrogens is 1. The third-order valence-electron chi connectivity index (χ3n) is 2.12. The molecule has 2 aromatic rings. The van der Waals surface area contributed by atoms with Crippen LogP contribution in [0.5, 0.6) is 0 Å². The number of nitrogens with one attached hydrogen (secondary N) is 1. The Morgan fingerprint density at radius 1 is 1.38 bits per heavy atom. The van der Waals surface area contributed by atoms with Gasteiger partial charge in [-0.3, -0.25) is 9.59 Å². The van der Waals surface area contributed by atoms with Gasteiger partial charge in [0, 0.05) is 12.5 Å². The van der Waals surface area contributed by atoms with E-state index in [0.29, 0.717) is 4.88 Å². The summed E-state index contributed by atoms with van der Waals surface area (Å²) in [6.07, 6.45) is 0. The molecule has 1 aromatic heterocycles. The number of ketones is 1. The standard InChI is InChI=1S/C11H8FNO2S/c1-6(14)9-10(16-11(15)13-9)7-4-2-3-5-8(7)12/h2-5H,1H3,(H,13,15). The average molecular weight is 237 g/mol. The molecule has 5 heteroatoms.